The van der Waals surface area contributed by atoms with Crippen molar-refractivity contribution in [2.45, 2.75) is 18.9 Å². The molecule has 2 unspecified atom stereocenters. The smallest absolute Gasteiger partial charge is 0.250 e. The summed E-state index contributed by atoms with van der Waals surface area (Å²) in [7, 11) is 0. The van der Waals surface area contributed by atoms with E-state index in [1.165, 1.54) is 0 Å². The van der Waals surface area contributed by atoms with E-state index in [0.29, 0.717) is 17.8 Å². The van der Waals surface area contributed by atoms with Gasteiger partial charge in [0.05, 0.1) is 23.2 Å². The lowest BCUT2D eigenvalue weighted by molar-refractivity contribution is -0.122. The van der Waals surface area contributed by atoms with E-state index in [1.54, 1.807) is 18.2 Å². The molecule has 0 aliphatic carbocycles. The van der Waals surface area contributed by atoms with Gasteiger partial charge in [-0.1, -0.05) is 0 Å². The number of carbonyl (C=O) groups is 2. The number of nitrogen functional groups attached to an aromatic ring is 1. The van der Waals surface area contributed by atoms with Gasteiger partial charge in [0.25, 0.3) is 5.91 Å². The third kappa shape index (κ3) is 1.97. The van der Waals surface area contributed by atoms with Crippen molar-refractivity contribution >= 4 is 23.2 Å². The van der Waals surface area contributed by atoms with E-state index in [-0.39, 0.29) is 17.9 Å². The molecular weight excluding hydrogens is 256 g/mol. The van der Waals surface area contributed by atoms with Gasteiger partial charge in [0.2, 0.25) is 5.91 Å². The van der Waals surface area contributed by atoms with Gasteiger partial charge in [0.15, 0.2) is 0 Å². The Hall–Kier alpha value is -2.24. The van der Waals surface area contributed by atoms with Crippen molar-refractivity contribution in [2.24, 2.45) is 11.7 Å². The molecule has 1 aromatic rings. The molecule has 2 heterocycles. The summed E-state index contributed by atoms with van der Waals surface area (Å²) in [4.78, 5) is 25.5. The highest BCUT2D eigenvalue weighted by Gasteiger charge is 2.41. The Morgan fingerprint density at radius 1 is 1.40 bits per heavy atom. The largest absolute Gasteiger partial charge is 0.399 e. The summed E-state index contributed by atoms with van der Waals surface area (Å²) >= 11 is 0. The first-order valence-electron chi connectivity index (χ1n) is 6.81. The minimum Gasteiger partial charge on any atom is -0.399 e. The molecule has 106 valence electrons. The minimum absolute atomic E-state index is 0.00842. The summed E-state index contributed by atoms with van der Waals surface area (Å²) in [6, 6.07) is 5.17. The number of fused-ring (bicyclic) bond motifs is 1. The molecule has 5 N–H and O–H groups in total. The Kier molecular flexibility index (Phi) is 3.00. The predicted octanol–water partition coefficient (Wildman–Crippen LogP) is 0.0825. The van der Waals surface area contributed by atoms with Gasteiger partial charge in [0, 0.05) is 18.8 Å². The van der Waals surface area contributed by atoms with Crippen molar-refractivity contribution in [1.29, 1.82) is 0 Å². The molecule has 0 aromatic heterocycles. The van der Waals surface area contributed by atoms with E-state index in [1.807, 2.05) is 0 Å². The number of anilines is 2. The zero-order valence-corrected chi connectivity index (χ0v) is 11.1. The summed E-state index contributed by atoms with van der Waals surface area (Å²) < 4.78 is 0. The molecule has 2 aliphatic rings. The molecular formula is C14H18N4O2. The van der Waals surface area contributed by atoms with Gasteiger partial charge in [-0.15, -0.1) is 0 Å². The number of carbonyl (C=O) groups excluding carboxylic acids is 2. The summed E-state index contributed by atoms with van der Waals surface area (Å²) in [6.45, 7) is 1.41. The highest BCUT2D eigenvalue weighted by molar-refractivity contribution is 5.99. The Morgan fingerprint density at radius 3 is 2.95 bits per heavy atom. The molecule has 20 heavy (non-hydrogen) atoms. The van der Waals surface area contributed by atoms with Crippen LogP contribution in [0.1, 0.15) is 23.2 Å². The monoisotopic (exact) mass is 274 g/mol. The van der Waals surface area contributed by atoms with Crippen LogP contribution in [-0.4, -0.2) is 30.9 Å². The van der Waals surface area contributed by atoms with Gasteiger partial charge < -0.3 is 21.7 Å². The average molecular weight is 274 g/mol. The third-order valence-corrected chi connectivity index (χ3v) is 4.20. The van der Waals surface area contributed by atoms with Gasteiger partial charge >= 0.3 is 0 Å². The number of nitrogens with two attached hydrogens (primary N) is 2. The Balaban J connectivity index is 2.01. The third-order valence-electron chi connectivity index (χ3n) is 4.20. The van der Waals surface area contributed by atoms with Crippen molar-refractivity contribution < 1.29 is 9.59 Å². The van der Waals surface area contributed by atoms with Crippen molar-refractivity contribution in [2.75, 3.05) is 23.7 Å². The van der Waals surface area contributed by atoms with Gasteiger partial charge in [-0.25, -0.2) is 0 Å². The number of amides is 2. The molecule has 1 aromatic carbocycles. The first-order valence-corrected chi connectivity index (χ1v) is 6.81. The first-order chi connectivity index (χ1) is 9.58. The number of nitrogens with one attached hydrogen (secondary N) is 1. The summed E-state index contributed by atoms with van der Waals surface area (Å²) in [5, 5.41) is 2.90. The van der Waals surface area contributed by atoms with Crippen LogP contribution >= 0.6 is 0 Å². The number of primary amides is 1. The van der Waals surface area contributed by atoms with Crippen LogP contribution in [0.25, 0.3) is 0 Å². The SMILES string of the molecule is NC(=O)c1ccc(N)cc1N1CCCC2C(=O)NCC21. The second-order valence-electron chi connectivity index (χ2n) is 5.40. The number of benzene rings is 1. The zero-order valence-electron chi connectivity index (χ0n) is 11.1. The molecule has 6 nitrogen and oxygen atoms in total. The van der Waals surface area contributed by atoms with E-state index < -0.39 is 5.91 Å². The summed E-state index contributed by atoms with van der Waals surface area (Å²) in [5.74, 6) is -0.380. The van der Waals surface area contributed by atoms with Crippen LogP contribution in [0.15, 0.2) is 18.2 Å². The second kappa shape index (κ2) is 4.70. The molecule has 0 spiro atoms. The second-order valence-corrected chi connectivity index (χ2v) is 5.40. The van der Waals surface area contributed by atoms with Crippen LogP contribution in [0.3, 0.4) is 0 Å². The number of piperidine rings is 1. The van der Waals surface area contributed by atoms with E-state index in [4.69, 9.17) is 11.5 Å². The van der Waals surface area contributed by atoms with E-state index in [0.717, 1.165) is 25.1 Å². The molecule has 2 saturated heterocycles. The highest BCUT2D eigenvalue weighted by atomic mass is 16.2. The molecule has 0 saturated carbocycles. The lowest BCUT2D eigenvalue weighted by Crippen LogP contribution is -2.46. The lowest BCUT2D eigenvalue weighted by Gasteiger charge is -2.38. The van der Waals surface area contributed by atoms with E-state index in [2.05, 4.69) is 10.2 Å². The molecule has 0 bridgehead atoms. The van der Waals surface area contributed by atoms with Crippen LogP contribution in [0.4, 0.5) is 11.4 Å². The van der Waals surface area contributed by atoms with Crippen LogP contribution in [0.5, 0.6) is 0 Å². The number of hydrogen-bond acceptors (Lipinski definition) is 4. The Morgan fingerprint density at radius 2 is 2.20 bits per heavy atom. The number of nitrogens with zero attached hydrogens (tertiary/aromatic N) is 1. The highest BCUT2D eigenvalue weighted by Crippen LogP contribution is 2.34. The molecule has 3 rings (SSSR count). The van der Waals surface area contributed by atoms with Gasteiger partial charge in [-0.2, -0.15) is 0 Å². The van der Waals surface area contributed by atoms with Gasteiger partial charge in [-0.3, -0.25) is 9.59 Å². The van der Waals surface area contributed by atoms with Crippen molar-refractivity contribution in [1.82, 2.24) is 5.32 Å². The van der Waals surface area contributed by atoms with Crippen LogP contribution < -0.4 is 21.7 Å². The maximum Gasteiger partial charge on any atom is 0.250 e. The van der Waals surface area contributed by atoms with Gasteiger partial charge in [0.1, 0.15) is 0 Å². The van der Waals surface area contributed by atoms with Crippen LogP contribution in [-0.2, 0) is 4.79 Å². The Labute approximate surface area is 117 Å². The fourth-order valence-electron chi connectivity index (χ4n) is 3.25. The standard InChI is InChI=1S/C14H18N4O2/c15-8-3-4-9(13(16)19)11(6-8)18-5-1-2-10-12(18)7-17-14(10)20/h3-4,6,10,12H,1-2,5,7,15H2,(H2,16,19)(H,17,20). The van der Waals surface area contributed by atoms with Gasteiger partial charge in [-0.05, 0) is 31.0 Å². The quantitative estimate of drug-likeness (QED) is 0.665. The zero-order chi connectivity index (χ0) is 14.3. The van der Waals surface area contributed by atoms with Crippen molar-refractivity contribution in [3.05, 3.63) is 23.8 Å². The molecule has 2 aliphatic heterocycles. The maximum atomic E-state index is 11.8. The summed E-state index contributed by atoms with van der Waals surface area (Å²) in [6.07, 6.45) is 1.81. The Bertz CT molecular complexity index is 572. The minimum atomic E-state index is -0.473. The van der Waals surface area contributed by atoms with Crippen molar-refractivity contribution in [3.63, 3.8) is 0 Å². The first kappa shape index (κ1) is 12.8. The molecule has 2 amide bonds. The summed E-state index contributed by atoms with van der Waals surface area (Å²) in [5.41, 5.74) is 13.1. The van der Waals surface area contributed by atoms with Crippen LogP contribution in [0.2, 0.25) is 0 Å². The fraction of sp³-hybridized carbons (Fsp3) is 0.429. The fourth-order valence-corrected chi connectivity index (χ4v) is 3.25. The van der Waals surface area contributed by atoms with Crippen molar-refractivity contribution in [3.8, 4) is 0 Å². The molecule has 6 heteroatoms. The molecule has 2 fully saturated rings. The van der Waals surface area contributed by atoms with Crippen LogP contribution in [0, 0.1) is 5.92 Å². The molecule has 0 radical (unpaired) electrons. The normalized spacial score (nSPS) is 25.2. The lowest BCUT2D eigenvalue weighted by atomic mass is 9.90. The average Bonchev–Trinajstić information content (AvgIpc) is 2.80. The maximum absolute atomic E-state index is 11.8. The molecule has 2 atom stereocenters. The number of rotatable bonds is 2. The van der Waals surface area contributed by atoms with E-state index in [9.17, 15) is 9.59 Å². The van der Waals surface area contributed by atoms with E-state index >= 15 is 0 Å². The predicted molar refractivity (Wildman–Crippen MR) is 76.2 cm³/mol. The number of hydrogen-bond donors (Lipinski definition) is 3. The topological polar surface area (TPSA) is 101 Å².